The average Bonchev–Trinajstić information content (AvgIpc) is 2.27. The van der Waals surface area contributed by atoms with Crippen molar-refractivity contribution in [1.29, 1.82) is 0 Å². The number of benzene rings is 1. The maximum atomic E-state index is 11.9. The fourth-order valence-electron chi connectivity index (χ4n) is 1.18. The Morgan fingerprint density at radius 3 is 1.86 bits per heavy atom. The Bertz CT molecular complexity index is 719. The summed E-state index contributed by atoms with van der Waals surface area (Å²) in [7, 11) is -15.5. The van der Waals surface area contributed by atoms with E-state index in [2.05, 4.69) is 0 Å². The molecular weight excluding hydrogens is 391 g/mol. The second kappa shape index (κ2) is 6.25. The van der Waals surface area contributed by atoms with Gasteiger partial charge in [0.2, 0.25) is 15.5 Å². The molecule has 0 amide bonds. The van der Waals surface area contributed by atoms with Gasteiger partial charge in [-0.15, -0.1) is 0 Å². The van der Waals surface area contributed by atoms with Crippen molar-refractivity contribution in [2.45, 2.75) is 10.4 Å². The van der Waals surface area contributed by atoms with Gasteiger partial charge in [0.15, 0.2) is 0 Å². The number of sulfonamides is 1. The van der Waals surface area contributed by atoms with Crippen molar-refractivity contribution >= 4 is 48.4 Å². The summed E-state index contributed by atoms with van der Waals surface area (Å²) in [5.74, 6) is 0. The van der Waals surface area contributed by atoms with Crippen LogP contribution in [0.25, 0.3) is 0 Å². The van der Waals surface area contributed by atoms with E-state index in [9.17, 15) is 17.5 Å². The minimum absolute atomic E-state index is 0.0251. The monoisotopic (exact) mass is 399 g/mol. The van der Waals surface area contributed by atoms with Crippen LogP contribution in [0, 0.1) is 0 Å². The van der Waals surface area contributed by atoms with E-state index >= 15 is 0 Å². The molecule has 0 aliphatic carbocycles. The van der Waals surface area contributed by atoms with Crippen molar-refractivity contribution in [3.05, 3.63) is 28.2 Å². The fraction of sp³-hybridized carbons (Fsp3) is 0.143. The van der Waals surface area contributed by atoms with Crippen LogP contribution in [0.2, 0.25) is 10.0 Å². The summed E-state index contributed by atoms with van der Waals surface area (Å²) in [5.41, 5.74) is -2.90. The van der Waals surface area contributed by atoms with E-state index in [0.717, 1.165) is 18.2 Å². The molecule has 0 heterocycles. The SMILES string of the molecule is O=P(O)(O)C(NS(=O)(=O)c1ccc(Cl)c(Cl)c1)P(=O)(O)O. The molecule has 0 saturated carbocycles. The molecule has 1 aromatic carbocycles. The van der Waals surface area contributed by atoms with E-state index in [4.69, 9.17) is 42.8 Å². The van der Waals surface area contributed by atoms with Gasteiger partial charge in [-0.1, -0.05) is 23.2 Å². The maximum absolute atomic E-state index is 11.9. The van der Waals surface area contributed by atoms with Crippen LogP contribution in [-0.2, 0) is 19.2 Å². The topological polar surface area (TPSA) is 161 Å². The predicted molar refractivity (Wildman–Crippen MR) is 74.7 cm³/mol. The molecule has 21 heavy (non-hydrogen) atoms. The van der Waals surface area contributed by atoms with Gasteiger partial charge in [0, 0.05) is 0 Å². The van der Waals surface area contributed by atoms with Crippen LogP contribution >= 0.6 is 38.4 Å². The van der Waals surface area contributed by atoms with Gasteiger partial charge in [-0.05, 0) is 18.2 Å². The molecule has 0 radical (unpaired) electrons. The lowest BCUT2D eigenvalue weighted by Gasteiger charge is -2.20. The molecule has 9 nitrogen and oxygen atoms in total. The predicted octanol–water partition coefficient (Wildman–Crippen LogP) is 0.911. The number of halogens is 2. The maximum Gasteiger partial charge on any atom is 0.355 e. The third-order valence-corrected chi connectivity index (χ3v) is 7.95. The van der Waals surface area contributed by atoms with Crippen LogP contribution in [0.3, 0.4) is 0 Å². The zero-order valence-electron chi connectivity index (χ0n) is 9.79. The first-order valence-corrected chi connectivity index (χ1v) is 10.4. The third-order valence-electron chi connectivity index (χ3n) is 2.10. The average molecular weight is 400 g/mol. The molecule has 120 valence electrons. The molecule has 14 heteroatoms. The van der Waals surface area contributed by atoms with E-state index in [0.29, 0.717) is 0 Å². The van der Waals surface area contributed by atoms with Gasteiger partial charge in [0.05, 0.1) is 14.9 Å². The molecule has 0 saturated heterocycles. The van der Waals surface area contributed by atoms with Gasteiger partial charge >= 0.3 is 15.2 Å². The molecule has 0 aliphatic heterocycles. The minimum atomic E-state index is -5.45. The van der Waals surface area contributed by atoms with Gasteiger partial charge in [-0.3, -0.25) is 9.13 Å². The molecule has 0 bridgehead atoms. The minimum Gasteiger partial charge on any atom is -0.323 e. The zero-order chi connectivity index (χ0) is 16.6. The molecule has 5 N–H and O–H groups in total. The first kappa shape index (κ1) is 19.1. The molecule has 0 unspecified atom stereocenters. The Morgan fingerprint density at radius 2 is 1.48 bits per heavy atom. The van der Waals surface area contributed by atoms with Crippen LogP contribution < -0.4 is 4.72 Å². The van der Waals surface area contributed by atoms with Crippen LogP contribution in [0.1, 0.15) is 0 Å². The summed E-state index contributed by atoms with van der Waals surface area (Å²) in [6.07, 6.45) is 0. The van der Waals surface area contributed by atoms with Gasteiger partial charge in [0.1, 0.15) is 0 Å². The van der Waals surface area contributed by atoms with E-state index in [1.54, 1.807) is 0 Å². The highest BCUT2D eigenvalue weighted by atomic mass is 35.5. The van der Waals surface area contributed by atoms with Gasteiger partial charge in [-0.25, -0.2) is 8.42 Å². The van der Waals surface area contributed by atoms with Crippen LogP contribution in [0.15, 0.2) is 23.1 Å². The number of nitrogens with one attached hydrogen (secondary N) is 1. The summed E-state index contributed by atoms with van der Waals surface area (Å²) in [5, 5.41) is -0.138. The summed E-state index contributed by atoms with van der Waals surface area (Å²) in [6.45, 7) is 0. The van der Waals surface area contributed by atoms with Crippen molar-refractivity contribution in [2.24, 2.45) is 0 Å². The number of hydrogen-bond donors (Lipinski definition) is 5. The second-order valence-electron chi connectivity index (χ2n) is 3.75. The summed E-state index contributed by atoms with van der Waals surface area (Å²) < 4.78 is 47.2. The van der Waals surface area contributed by atoms with E-state index in [1.807, 2.05) is 0 Å². The summed E-state index contributed by atoms with van der Waals surface area (Å²) in [6, 6.07) is 2.91. The fourth-order valence-corrected chi connectivity index (χ4v) is 5.98. The van der Waals surface area contributed by atoms with Gasteiger partial charge in [0.25, 0.3) is 0 Å². The second-order valence-corrected chi connectivity index (χ2v) is 10.1. The first-order valence-electron chi connectivity index (χ1n) is 4.83. The number of hydrogen-bond acceptors (Lipinski definition) is 4. The molecule has 0 spiro atoms. The van der Waals surface area contributed by atoms with Gasteiger partial charge in [-0.2, -0.15) is 4.72 Å². The normalized spacial score (nSPS) is 13.7. The van der Waals surface area contributed by atoms with Crippen molar-refractivity contribution in [3.63, 3.8) is 0 Å². The highest BCUT2D eigenvalue weighted by Gasteiger charge is 2.46. The van der Waals surface area contributed by atoms with Crippen molar-refractivity contribution < 1.29 is 37.1 Å². The summed E-state index contributed by atoms with van der Waals surface area (Å²) in [4.78, 5) is 34.9. The lowest BCUT2D eigenvalue weighted by atomic mass is 10.4. The smallest absolute Gasteiger partial charge is 0.323 e. The Kier molecular flexibility index (Phi) is 5.67. The molecular formula is C7H9Cl2NO8P2S. The van der Waals surface area contributed by atoms with E-state index in [1.165, 1.54) is 4.72 Å². The Morgan fingerprint density at radius 1 is 1.00 bits per heavy atom. The van der Waals surface area contributed by atoms with Crippen LogP contribution in [0.4, 0.5) is 0 Å². The molecule has 0 aromatic heterocycles. The van der Waals surface area contributed by atoms with Crippen molar-refractivity contribution in [2.75, 3.05) is 0 Å². The van der Waals surface area contributed by atoms with Gasteiger partial charge < -0.3 is 19.6 Å². The lowest BCUT2D eigenvalue weighted by Crippen LogP contribution is -2.34. The third kappa shape index (κ3) is 5.01. The van der Waals surface area contributed by atoms with E-state index < -0.39 is 35.6 Å². The quantitative estimate of drug-likeness (QED) is 0.456. The Labute approximate surface area is 129 Å². The first-order chi connectivity index (χ1) is 9.25. The van der Waals surface area contributed by atoms with Crippen LogP contribution in [0.5, 0.6) is 0 Å². The standard InChI is InChI=1S/C7H9Cl2NO8P2S/c8-5-2-1-4(3-6(5)9)21(17,18)10-7(19(11,12)13)20(14,15)16/h1-3,7,10H,(H2,11,12,13)(H2,14,15,16). The molecule has 0 aliphatic rings. The highest BCUT2D eigenvalue weighted by Crippen LogP contribution is 2.58. The zero-order valence-corrected chi connectivity index (χ0v) is 13.9. The number of rotatable bonds is 5. The van der Waals surface area contributed by atoms with Crippen molar-refractivity contribution in [3.8, 4) is 0 Å². The molecule has 1 aromatic rings. The lowest BCUT2D eigenvalue weighted by molar-refractivity contribution is 0.335. The molecule has 0 atom stereocenters. The Balaban J connectivity index is 3.28. The Hall–Kier alpha value is 0.01000. The largest absolute Gasteiger partial charge is 0.355 e. The molecule has 1 rings (SSSR count). The summed E-state index contributed by atoms with van der Waals surface area (Å²) >= 11 is 11.2. The highest BCUT2D eigenvalue weighted by molar-refractivity contribution is 7.90. The molecule has 0 fully saturated rings. The van der Waals surface area contributed by atoms with Crippen LogP contribution in [-0.4, -0.2) is 33.5 Å². The van der Waals surface area contributed by atoms with Crippen molar-refractivity contribution in [1.82, 2.24) is 4.72 Å². The van der Waals surface area contributed by atoms with E-state index in [-0.39, 0.29) is 10.0 Å².